The predicted molar refractivity (Wildman–Crippen MR) is 65.8 cm³/mol. The fourth-order valence-corrected chi connectivity index (χ4v) is 2.38. The van der Waals surface area contributed by atoms with Gasteiger partial charge in [-0.1, -0.05) is 13.8 Å². The number of rotatable bonds is 6. The first-order valence-electron chi connectivity index (χ1n) is 5.47. The number of hydrogen-bond acceptors (Lipinski definition) is 3. The van der Waals surface area contributed by atoms with Gasteiger partial charge in [-0.2, -0.15) is 0 Å². The second-order valence-corrected chi connectivity index (χ2v) is 4.95. The van der Waals surface area contributed by atoms with E-state index in [9.17, 15) is 4.79 Å². The second-order valence-electron chi connectivity index (χ2n) is 3.78. The van der Waals surface area contributed by atoms with Crippen LogP contribution in [0.1, 0.15) is 34.8 Å². The average Bonchev–Trinajstić information content (AvgIpc) is 2.66. The highest BCUT2D eigenvalue weighted by Gasteiger charge is 2.10. The summed E-state index contributed by atoms with van der Waals surface area (Å²) in [5.74, 6) is 0.246. The number of Topliss-reactive ketones (excluding diaryl/α,β-unsaturated/α-hetero) is 1. The zero-order valence-electron chi connectivity index (χ0n) is 9.75. The maximum absolute atomic E-state index is 11.8. The molecule has 0 spiro atoms. The van der Waals surface area contributed by atoms with Gasteiger partial charge < -0.3 is 0 Å². The van der Waals surface area contributed by atoms with Gasteiger partial charge in [0.2, 0.25) is 0 Å². The molecule has 1 heterocycles. The Labute approximate surface area is 95.9 Å². The van der Waals surface area contributed by atoms with Crippen LogP contribution in [0.4, 0.5) is 0 Å². The van der Waals surface area contributed by atoms with E-state index in [-0.39, 0.29) is 5.78 Å². The summed E-state index contributed by atoms with van der Waals surface area (Å²) in [4.78, 5) is 16.1. The molecule has 1 aromatic rings. The molecule has 84 valence electrons. The molecule has 1 aromatic heterocycles. The Morgan fingerprint density at radius 3 is 2.67 bits per heavy atom. The fourth-order valence-electron chi connectivity index (χ4n) is 1.50. The van der Waals surface area contributed by atoms with Crippen molar-refractivity contribution < 1.29 is 4.79 Å². The van der Waals surface area contributed by atoms with Gasteiger partial charge >= 0.3 is 0 Å². The topological polar surface area (TPSA) is 20.3 Å². The van der Waals surface area contributed by atoms with E-state index in [1.165, 1.54) is 4.88 Å². The average molecular weight is 225 g/mol. The molecule has 0 bridgehead atoms. The Balaban J connectivity index is 2.53. The third-order valence-electron chi connectivity index (χ3n) is 2.30. The number of carbonyl (C=O) groups excluding carboxylic acids is 1. The molecule has 0 atom stereocenters. The lowest BCUT2D eigenvalue weighted by Gasteiger charge is -2.13. The zero-order valence-corrected chi connectivity index (χ0v) is 10.6. The molecule has 2 nitrogen and oxygen atoms in total. The zero-order chi connectivity index (χ0) is 11.3. The molecule has 3 heteroatoms. The van der Waals surface area contributed by atoms with E-state index >= 15 is 0 Å². The Morgan fingerprint density at radius 2 is 2.13 bits per heavy atom. The molecule has 0 unspecified atom stereocenters. The van der Waals surface area contributed by atoms with Crippen molar-refractivity contribution in [1.29, 1.82) is 0 Å². The van der Waals surface area contributed by atoms with Gasteiger partial charge in [-0.3, -0.25) is 9.69 Å². The van der Waals surface area contributed by atoms with Crippen molar-refractivity contribution in [3.63, 3.8) is 0 Å². The molecular weight excluding hydrogens is 206 g/mol. The Kier molecular flexibility index (Phi) is 4.99. The molecule has 0 aliphatic carbocycles. The molecule has 0 saturated heterocycles. The molecule has 0 radical (unpaired) electrons. The largest absolute Gasteiger partial charge is 0.299 e. The van der Waals surface area contributed by atoms with Gasteiger partial charge in [-0.05, 0) is 38.6 Å². The number of nitrogens with zero attached hydrogens (tertiary/aromatic N) is 1. The molecule has 1 rings (SSSR count). The Bertz CT molecular complexity index is 319. The van der Waals surface area contributed by atoms with Crippen LogP contribution in [0.15, 0.2) is 12.1 Å². The standard InChI is InChI=1S/C12H19NOS/c1-4-8-13(3)9-11(14)12-7-6-10(5-2)15-12/h6-7H,4-5,8-9H2,1-3H3. The van der Waals surface area contributed by atoms with Crippen molar-refractivity contribution in [3.8, 4) is 0 Å². The first-order valence-corrected chi connectivity index (χ1v) is 6.29. The summed E-state index contributed by atoms with van der Waals surface area (Å²) in [5, 5.41) is 0. The summed E-state index contributed by atoms with van der Waals surface area (Å²) in [6, 6.07) is 4.00. The quantitative estimate of drug-likeness (QED) is 0.694. The van der Waals surface area contributed by atoms with E-state index in [0.29, 0.717) is 6.54 Å². The van der Waals surface area contributed by atoms with Crippen LogP contribution in [0.25, 0.3) is 0 Å². The number of carbonyl (C=O) groups is 1. The van der Waals surface area contributed by atoms with E-state index in [0.717, 1.165) is 24.3 Å². The van der Waals surface area contributed by atoms with Crippen molar-refractivity contribution in [2.24, 2.45) is 0 Å². The first kappa shape index (κ1) is 12.4. The number of aryl methyl sites for hydroxylation is 1. The van der Waals surface area contributed by atoms with E-state index in [1.54, 1.807) is 11.3 Å². The van der Waals surface area contributed by atoms with Crippen LogP contribution in [0.5, 0.6) is 0 Å². The van der Waals surface area contributed by atoms with Crippen LogP contribution in [-0.4, -0.2) is 30.8 Å². The number of hydrogen-bond donors (Lipinski definition) is 0. The third kappa shape index (κ3) is 3.76. The number of ketones is 1. The van der Waals surface area contributed by atoms with Gasteiger partial charge in [0.25, 0.3) is 0 Å². The highest BCUT2D eigenvalue weighted by atomic mass is 32.1. The van der Waals surface area contributed by atoms with Crippen LogP contribution >= 0.6 is 11.3 Å². The highest BCUT2D eigenvalue weighted by Crippen LogP contribution is 2.17. The van der Waals surface area contributed by atoms with Gasteiger partial charge in [-0.15, -0.1) is 11.3 Å². The van der Waals surface area contributed by atoms with E-state index < -0.39 is 0 Å². The van der Waals surface area contributed by atoms with Crippen LogP contribution in [-0.2, 0) is 6.42 Å². The van der Waals surface area contributed by atoms with Crippen LogP contribution in [0.2, 0.25) is 0 Å². The Morgan fingerprint density at radius 1 is 1.40 bits per heavy atom. The van der Waals surface area contributed by atoms with Gasteiger partial charge in [0.05, 0.1) is 11.4 Å². The smallest absolute Gasteiger partial charge is 0.186 e. The lowest BCUT2D eigenvalue weighted by atomic mass is 10.3. The normalized spacial score (nSPS) is 10.9. The van der Waals surface area contributed by atoms with Crippen LogP contribution in [0, 0.1) is 0 Å². The summed E-state index contributed by atoms with van der Waals surface area (Å²) in [6.07, 6.45) is 2.11. The summed E-state index contributed by atoms with van der Waals surface area (Å²) in [6.45, 7) is 5.76. The summed E-state index contributed by atoms with van der Waals surface area (Å²) in [5.41, 5.74) is 0. The van der Waals surface area contributed by atoms with Gasteiger partial charge in [0, 0.05) is 4.88 Å². The lowest BCUT2D eigenvalue weighted by molar-refractivity contribution is 0.0950. The number of likely N-dealkylation sites (N-methyl/N-ethyl adjacent to an activating group) is 1. The minimum atomic E-state index is 0.246. The first-order chi connectivity index (χ1) is 7.17. The van der Waals surface area contributed by atoms with E-state index in [2.05, 4.69) is 24.8 Å². The fraction of sp³-hybridized carbons (Fsp3) is 0.583. The minimum absolute atomic E-state index is 0.246. The van der Waals surface area contributed by atoms with Crippen LogP contribution in [0.3, 0.4) is 0 Å². The van der Waals surface area contributed by atoms with Gasteiger partial charge in [0.15, 0.2) is 5.78 Å². The Hall–Kier alpha value is -0.670. The second kappa shape index (κ2) is 6.03. The number of thiophene rings is 1. The maximum atomic E-state index is 11.8. The summed E-state index contributed by atoms with van der Waals surface area (Å²) in [7, 11) is 2.00. The highest BCUT2D eigenvalue weighted by molar-refractivity contribution is 7.14. The predicted octanol–water partition coefficient (Wildman–Crippen LogP) is 2.84. The van der Waals surface area contributed by atoms with Gasteiger partial charge in [0.1, 0.15) is 0 Å². The van der Waals surface area contributed by atoms with Crippen molar-refractivity contribution in [2.75, 3.05) is 20.1 Å². The minimum Gasteiger partial charge on any atom is -0.299 e. The lowest BCUT2D eigenvalue weighted by Crippen LogP contribution is -2.26. The molecule has 0 aromatic carbocycles. The molecule has 0 N–H and O–H groups in total. The molecule has 0 saturated carbocycles. The molecule has 0 aliphatic rings. The van der Waals surface area contributed by atoms with Gasteiger partial charge in [-0.25, -0.2) is 0 Å². The van der Waals surface area contributed by atoms with Crippen LogP contribution < -0.4 is 0 Å². The maximum Gasteiger partial charge on any atom is 0.186 e. The van der Waals surface area contributed by atoms with Crippen molar-refractivity contribution >= 4 is 17.1 Å². The molecular formula is C12H19NOS. The molecule has 0 aliphatic heterocycles. The SMILES string of the molecule is CCCN(C)CC(=O)c1ccc(CC)s1. The monoisotopic (exact) mass is 225 g/mol. The van der Waals surface area contributed by atoms with Crippen molar-refractivity contribution in [2.45, 2.75) is 26.7 Å². The van der Waals surface area contributed by atoms with Crippen molar-refractivity contribution in [3.05, 3.63) is 21.9 Å². The van der Waals surface area contributed by atoms with E-state index in [4.69, 9.17) is 0 Å². The summed E-state index contributed by atoms with van der Waals surface area (Å²) >= 11 is 1.62. The summed E-state index contributed by atoms with van der Waals surface area (Å²) < 4.78 is 0. The van der Waals surface area contributed by atoms with Crippen molar-refractivity contribution in [1.82, 2.24) is 4.90 Å². The molecule has 0 amide bonds. The molecule has 0 fully saturated rings. The van der Waals surface area contributed by atoms with E-state index in [1.807, 2.05) is 13.1 Å². The third-order valence-corrected chi connectivity index (χ3v) is 3.57. The molecule has 15 heavy (non-hydrogen) atoms.